The largest absolute Gasteiger partial charge is 0.321 e. The third-order valence-electron chi connectivity index (χ3n) is 7.37. The fourth-order valence-corrected chi connectivity index (χ4v) is 5.39. The van der Waals surface area contributed by atoms with E-state index in [0.29, 0.717) is 32.3 Å². The summed E-state index contributed by atoms with van der Waals surface area (Å²) in [6, 6.07) is 20.8. The van der Waals surface area contributed by atoms with Crippen LogP contribution in [0.3, 0.4) is 0 Å². The number of hydrogen-bond donors (Lipinski definition) is 2. The Labute approximate surface area is 302 Å². The highest BCUT2D eigenvalue weighted by molar-refractivity contribution is 6.31. The first-order valence-electron chi connectivity index (χ1n) is 15.1. The summed E-state index contributed by atoms with van der Waals surface area (Å²) >= 11 is 11.8. The Morgan fingerprint density at radius 3 is 1.52 bits per heavy atom. The van der Waals surface area contributed by atoms with Gasteiger partial charge in [-0.25, -0.2) is 26.3 Å². The highest BCUT2D eigenvalue weighted by Gasteiger charge is 2.25. The summed E-state index contributed by atoms with van der Waals surface area (Å²) in [7, 11) is 2.89. The lowest BCUT2D eigenvalue weighted by Gasteiger charge is -2.12. The SMILES string of the molecule is Cn1cc(C(=O)Nc2ccc(F)cc2-c2ccc(Cl)cc2)c(C(F)F)n1.Cn1cc(C(=O)Nc2ccc(F)cc2-c2cccc(Cl)c2)c(C(F)F)n1. The second kappa shape index (κ2) is 16.2. The van der Waals surface area contributed by atoms with Gasteiger partial charge in [-0.05, 0) is 71.8 Å². The van der Waals surface area contributed by atoms with Crippen molar-refractivity contribution in [2.75, 3.05) is 10.6 Å². The molecule has 0 unspecified atom stereocenters. The standard InChI is InChI=1S/2C18H13ClF3N3O/c1-25-9-14(16(24-25)17(21)22)18(26)23-15-7-6-12(20)8-13(15)10-2-4-11(19)5-3-10;1-25-9-14(16(24-25)17(21)22)18(26)23-15-6-5-12(20)8-13(15)10-3-2-4-11(19)7-10/h2*2-9,17H,1H3,(H,23,26). The van der Waals surface area contributed by atoms with Gasteiger partial charge in [-0.2, -0.15) is 10.2 Å². The zero-order chi connectivity index (χ0) is 37.7. The van der Waals surface area contributed by atoms with E-state index < -0.39 is 47.7 Å². The van der Waals surface area contributed by atoms with E-state index in [1.54, 1.807) is 48.5 Å². The lowest BCUT2D eigenvalue weighted by atomic mass is 10.0. The van der Waals surface area contributed by atoms with E-state index in [1.165, 1.54) is 62.9 Å². The molecule has 0 aliphatic heterocycles. The molecule has 16 heteroatoms. The molecule has 52 heavy (non-hydrogen) atoms. The number of aromatic nitrogens is 4. The van der Waals surface area contributed by atoms with Gasteiger partial charge in [-0.1, -0.05) is 47.5 Å². The second-order valence-corrected chi connectivity index (χ2v) is 12.0. The predicted octanol–water partition coefficient (Wildman–Crippen LogP) is 10.1. The number of rotatable bonds is 8. The zero-order valence-electron chi connectivity index (χ0n) is 27.0. The van der Waals surface area contributed by atoms with E-state index in [0.717, 1.165) is 9.36 Å². The maximum Gasteiger partial charge on any atom is 0.282 e. The third-order valence-corrected chi connectivity index (χ3v) is 7.85. The number of carbonyl (C=O) groups excluding carboxylic acids is 2. The van der Waals surface area contributed by atoms with Crippen LogP contribution in [-0.4, -0.2) is 31.4 Å². The summed E-state index contributed by atoms with van der Waals surface area (Å²) < 4.78 is 81.9. The van der Waals surface area contributed by atoms with Crippen molar-refractivity contribution in [1.82, 2.24) is 19.6 Å². The van der Waals surface area contributed by atoms with Crippen molar-refractivity contribution in [2.24, 2.45) is 14.1 Å². The average molecular weight is 760 g/mol. The number of benzene rings is 4. The maximum absolute atomic E-state index is 13.7. The van der Waals surface area contributed by atoms with Crippen molar-refractivity contribution in [3.05, 3.63) is 142 Å². The van der Waals surface area contributed by atoms with E-state index in [1.807, 2.05) is 0 Å². The maximum atomic E-state index is 13.7. The number of nitrogens with zero attached hydrogens (tertiary/aromatic N) is 4. The van der Waals surface area contributed by atoms with Crippen LogP contribution in [0.1, 0.15) is 45.0 Å². The molecule has 0 aliphatic rings. The molecule has 268 valence electrons. The van der Waals surface area contributed by atoms with Crippen LogP contribution in [-0.2, 0) is 14.1 Å². The molecule has 4 aromatic carbocycles. The summed E-state index contributed by atoms with van der Waals surface area (Å²) in [5.74, 6) is -2.52. The van der Waals surface area contributed by atoms with Crippen LogP contribution in [0.4, 0.5) is 37.7 Å². The minimum Gasteiger partial charge on any atom is -0.321 e. The van der Waals surface area contributed by atoms with Gasteiger partial charge in [0.25, 0.3) is 24.7 Å². The molecule has 0 aliphatic carbocycles. The van der Waals surface area contributed by atoms with Crippen LogP contribution >= 0.6 is 23.2 Å². The molecular weight excluding hydrogens is 733 g/mol. The molecule has 0 bridgehead atoms. The fraction of sp³-hybridized carbons (Fsp3) is 0.111. The third kappa shape index (κ3) is 9.00. The van der Waals surface area contributed by atoms with Gasteiger partial charge in [0.05, 0.1) is 11.1 Å². The minimum atomic E-state index is -2.89. The monoisotopic (exact) mass is 758 g/mol. The molecule has 0 radical (unpaired) electrons. The Kier molecular flexibility index (Phi) is 11.7. The molecule has 0 fully saturated rings. The number of anilines is 2. The molecule has 0 saturated heterocycles. The van der Waals surface area contributed by atoms with Gasteiger partial charge in [-0.15, -0.1) is 0 Å². The topological polar surface area (TPSA) is 93.8 Å². The molecule has 0 atom stereocenters. The number of nitrogens with one attached hydrogen (secondary N) is 2. The minimum absolute atomic E-state index is 0.242. The summed E-state index contributed by atoms with van der Waals surface area (Å²) in [5, 5.41) is 13.3. The van der Waals surface area contributed by atoms with E-state index in [2.05, 4.69) is 20.8 Å². The van der Waals surface area contributed by atoms with Gasteiger partial charge >= 0.3 is 0 Å². The average Bonchev–Trinajstić information content (AvgIpc) is 3.70. The summed E-state index contributed by atoms with van der Waals surface area (Å²) in [6.45, 7) is 0. The van der Waals surface area contributed by atoms with Crippen molar-refractivity contribution in [3.8, 4) is 22.3 Å². The van der Waals surface area contributed by atoms with Crippen LogP contribution in [0.15, 0.2) is 97.3 Å². The fourth-order valence-electron chi connectivity index (χ4n) is 5.08. The van der Waals surface area contributed by atoms with Gasteiger partial charge in [0.15, 0.2) is 0 Å². The van der Waals surface area contributed by atoms with E-state index in [9.17, 15) is 35.9 Å². The second-order valence-electron chi connectivity index (χ2n) is 11.1. The number of alkyl halides is 4. The quantitative estimate of drug-likeness (QED) is 0.151. The molecule has 2 heterocycles. The molecule has 2 amide bonds. The van der Waals surface area contributed by atoms with Gasteiger partial charge in [0.1, 0.15) is 23.0 Å². The highest BCUT2D eigenvalue weighted by atomic mass is 35.5. The van der Waals surface area contributed by atoms with Crippen molar-refractivity contribution < 1.29 is 35.9 Å². The van der Waals surface area contributed by atoms with Gasteiger partial charge in [0.2, 0.25) is 0 Å². The Bertz CT molecular complexity index is 2240. The highest BCUT2D eigenvalue weighted by Crippen LogP contribution is 2.33. The Balaban J connectivity index is 0.000000201. The number of amides is 2. The first-order chi connectivity index (χ1) is 24.7. The molecule has 2 aromatic heterocycles. The Morgan fingerprint density at radius 1 is 0.615 bits per heavy atom. The van der Waals surface area contributed by atoms with Crippen molar-refractivity contribution >= 4 is 46.4 Å². The van der Waals surface area contributed by atoms with Crippen LogP contribution in [0.25, 0.3) is 22.3 Å². The summed E-state index contributed by atoms with van der Waals surface area (Å²) in [4.78, 5) is 24.9. The lowest BCUT2D eigenvalue weighted by Crippen LogP contribution is -2.14. The number of hydrogen-bond acceptors (Lipinski definition) is 4. The lowest BCUT2D eigenvalue weighted by molar-refractivity contribution is 0.100. The molecule has 6 aromatic rings. The van der Waals surface area contributed by atoms with E-state index >= 15 is 0 Å². The Morgan fingerprint density at radius 2 is 1.08 bits per heavy atom. The molecular formula is C36H26Cl2F6N6O2. The molecule has 0 spiro atoms. The number of aryl methyl sites for hydroxylation is 2. The van der Waals surface area contributed by atoms with E-state index in [4.69, 9.17) is 23.2 Å². The molecule has 8 nitrogen and oxygen atoms in total. The van der Waals surface area contributed by atoms with Crippen LogP contribution in [0.2, 0.25) is 10.0 Å². The number of carbonyl (C=O) groups is 2. The van der Waals surface area contributed by atoms with Crippen molar-refractivity contribution in [1.29, 1.82) is 0 Å². The van der Waals surface area contributed by atoms with Crippen LogP contribution in [0.5, 0.6) is 0 Å². The van der Waals surface area contributed by atoms with Crippen molar-refractivity contribution in [3.63, 3.8) is 0 Å². The van der Waals surface area contributed by atoms with Crippen LogP contribution in [0, 0.1) is 11.6 Å². The van der Waals surface area contributed by atoms with Gasteiger partial charge in [-0.3, -0.25) is 19.0 Å². The summed E-state index contributed by atoms with van der Waals surface area (Å²) in [6.07, 6.45) is -3.36. The van der Waals surface area contributed by atoms with Crippen LogP contribution < -0.4 is 10.6 Å². The Hall–Kier alpha value is -5.60. The first-order valence-corrected chi connectivity index (χ1v) is 15.8. The zero-order valence-corrected chi connectivity index (χ0v) is 28.5. The normalized spacial score (nSPS) is 11.0. The summed E-state index contributed by atoms with van der Waals surface area (Å²) in [5.41, 5.74) is 0.803. The first kappa shape index (κ1) is 37.7. The molecule has 2 N–H and O–H groups in total. The van der Waals surface area contributed by atoms with Gasteiger partial charge < -0.3 is 10.6 Å². The predicted molar refractivity (Wildman–Crippen MR) is 186 cm³/mol. The van der Waals surface area contributed by atoms with Gasteiger partial charge in [0, 0.05) is 59.0 Å². The van der Waals surface area contributed by atoms with Crippen molar-refractivity contribution in [2.45, 2.75) is 12.9 Å². The molecule has 0 saturated carbocycles. The molecule has 6 rings (SSSR count). The van der Waals surface area contributed by atoms with E-state index in [-0.39, 0.29) is 22.5 Å². The smallest absolute Gasteiger partial charge is 0.282 e. The number of halogens is 8.